The largest absolute Gasteiger partial charge is 0.434 e. The van der Waals surface area contributed by atoms with E-state index >= 15 is 0 Å². The minimum atomic E-state index is -0.415. The second-order valence-corrected chi connectivity index (χ2v) is 2.99. The van der Waals surface area contributed by atoms with E-state index in [2.05, 4.69) is 0 Å². The van der Waals surface area contributed by atoms with Crippen LogP contribution in [0.5, 0.6) is 0 Å². The number of nitrogens with zero attached hydrogens (tertiary/aromatic N) is 1. The van der Waals surface area contributed by atoms with Crippen LogP contribution in [0.2, 0.25) is 0 Å². The van der Waals surface area contributed by atoms with Crippen LogP contribution < -0.4 is 5.73 Å². The van der Waals surface area contributed by atoms with Gasteiger partial charge in [-0.1, -0.05) is 0 Å². The summed E-state index contributed by atoms with van der Waals surface area (Å²) >= 11 is 0. The van der Waals surface area contributed by atoms with Crippen LogP contribution in [-0.2, 0) is 16.0 Å². The lowest BCUT2D eigenvalue weighted by molar-refractivity contribution is -0.0281. The molecular formula is C10H16N2O3. The Kier molecular flexibility index (Phi) is 4.17. The van der Waals surface area contributed by atoms with Crippen molar-refractivity contribution in [1.82, 2.24) is 4.57 Å². The van der Waals surface area contributed by atoms with Gasteiger partial charge in [-0.2, -0.15) is 0 Å². The molecule has 15 heavy (non-hydrogen) atoms. The van der Waals surface area contributed by atoms with Gasteiger partial charge in [-0.3, -0.25) is 0 Å². The zero-order valence-corrected chi connectivity index (χ0v) is 9.03. The number of ether oxygens (including phenoxy) is 2. The van der Waals surface area contributed by atoms with E-state index in [-0.39, 0.29) is 6.79 Å². The first-order chi connectivity index (χ1) is 7.19. The Morgan fingerprint density at radius 1 is 1.53 bits per heavy atom. The van der Waals surface area contributed by atoms with E-state index in [1.807, 2.05) is 13.8 Å². The minimum absolute atomic E-state index is 0.0237. The molecule has 0 bridgehead atoms. The van der Waals surface area contributed by atoms with Crippen molar-refractivity contribution in [3.8, 4) is 0 Å². The quantitative estimate of drug-likeness (QED) is 0.453. The predicted octanol–water partition coefficient (Wildman–Crippen LogP) is 1.24. The lowest BCUT2D eigenvalue weighted by Crippen LogP contribution is -2.13. The Hall–Kier alpha value is -1.49. The molecule has 0 aromatic carbocycles. The summed E-state index contributed by atoms with van der Waals surface area (Å²) in [5.41, 5.74) is 6.60. The molecule has 0 spiro atoms. The van der Waals surface area contributed by atoms with Crippen molar-refractivity contribution in [2.45, 2.75) is 20.4 Å². The van der Waals surface area contributed by atoms with Crippen LogP contribution in [0.3, 0.4) is 0 Å². The first kappa shape index (κ1) is 11.6. The normalized spacial score (nSPS) is 10.3. The molecular weight excluding hydrogens is 196 g/mol. The molecule has 1 aromatic heterocycles. The van der Waals surface area contributed by atoms with Crippen molar-refractivity contribution in [3.63, 3.8) is 0 Å². The molecule has 5 heteroatoms. The van der Waals surface area contributed by atoms with Crippen LogP contribution in [-0.4, -0.2) is 23.9 Å². The molecule has 0 unspecified atom stereocenters. The minimum Gasteiger partial charge on any atom is -0.434 e. The van der Waals surface area contributed by atoms with Gasteiger partial charge in [-0.15, -0.1) is 0 Å². The Bertz CT molecular complexity index is 333. The van der Waals surface area contributed by atoms with E-state index < -0.39 is 5.97 Å². The summed E-state index contributed by atoms with van der Waals surface area (Å²) < 4.78 is 11.5. The molecule has 0 aliphatic heterocycles. The van der Waals surface area contributed by atoms with Gasteiger partial charge in [0.05, 0.1) is 5.69 Å². The Morgan fingerprint density at radius 3 is 2.87 bits per heavy atom. The number of esters is 1. The van der Waals surface area contributed by atoms with Crippen molar-refractivity contribution < 1.29 is 14.3 Å². The first-order valence-corrected chi connectivity index (χ1v) is 4.89. The lowest BCUT2D eigenvalue weighted by atomic mass is 10.4. The highest BCUT2D eigenvalue weighted by Gasteiger charge is 2.13. The third-order valence-corrected chi connectivity index (χ3v) is 1.95. The van der Waals surface area contributed by atoms with Crippen molar-refractivity contribution >= 4 is 11.7 Å². The van der Waals surface area contributed by atoms with Crippen LogP contribution in [0, 0.1) is 0 Å². The van der Waals surface area contributed by atoms with Crippen LogP contribution in [0.15, 0.2) is 12.3 Å². The van der Waals surface area contributed by atoms with Gasteiger partial charge in [0.25, 0.3) is 0 Å². The number of aromatic nitrogens is 1. The average Bonchev–Trinajstić information content (AvgIpc) is 2.60. The maximum atomic E-state index is 11.5. The summed E-state index contributed by atoms with van der Waals surface area (Å²) in [6.45, 7) is 4.93. The maximum Gasteiger partial charge on any atom is 0.357 e. The van der Waals surface area contributed by atoms with Gasteiger partial charge < -0.3 is 19.8 Å². The second kappa shape index (κ2) is 5.41. The number of anilines is 1. The van der Waals surface area contributed by atoms with Crippen LogP contribution >= 0.6 is 0 Å². The summed E-state index contributed by atoms with van der Waals surface area (Å²) in [7, 11) is 0. The molecule has 0 fully saturated rings. The highest BCUT2D eigenvalue weighted by molar-refractivity contribution is 5.89. The molecule has 0 saturated carbocycles. The smallest absolute Gasteiger partial charge is 0.357 e. The van der Waals surface area contributed by atoms with Gasteiger partial charge in [0.2, 0.25) is 0 Å². The Morgan fingerprint density at radius 2 is 2.27 bits per heavy atom. The molecule has 5 nitrogen and oxygen atoms in total. The third-order valence-electron chi connectivity index (χ3n) is 1.95. The van der Waals surface area contributed by atoms with Gasteiger partial charge in [0.15, 0.2) is 6.79 Å². The van der Waals surface area contributed by atoms with Gasteiger partial charge in [-0.05, 0) is 19.9 Å². The van der Waals surface area contributed by atoms with Crippen molar-refractivity contribution in [1.29, 1.82) is 0 Å². The Labute approximate surface area is 88.8 Å². The van der Waals surface area contributed by atoms with Crippen molar-refractivity contribution in [2.24, 2.45) is 0 Å². The monoisotopic (exact) mass is 212 g/mol. The highest BCUT2D eigenvalue weighted by atomic mass is 16.7. The molecule has 1 rings (SSSR count). The van der Waals surface area contributed by atoms with Crippen LogP contribution in [0.1, 0.15) is 24.3 Å². The summed E-state index contributed by atoms with van der Waals surface area (Å²) in [5, 5.41) is 0. The number of nitrogen functional groups attached to an aromatic ring is 1. The number of carbonyl (C=O) groups excluding carboxylic acids is 1. The molecule has 0 radical (unpaired) electrons. The fraction of sp³-hybridized carbons (Fsp3) is 0.500. The molecule has 0 saturated heterocycles. The predicted molar refractivity (Wildman–Crippen MR) is 56.4 cm³/mol. The molecule has 1 heterocycles. The second-order valence-electron chi connectivity index (χ2n) is 2.99. The number of hydrogen-bond acceptors (Lipinski definition) is 4. The fourth-order valence-corrected chi connectivity index (χ4v) is 1.22. The summed E-state index contributed by atoms with van der Waals surface area (Å²) in [6, 6.07) is 1.60. The molecule has 0 aliphatic carbocycles. The van der Waals surface area contributed by atoms with E-state index in [0.717, 1.165) is 0 Å². The van der Waals surface area contributed by atoms with Crippen molar-refractivity contribution in [3.05, 3.63) is 18.0 Å². The van der Waals surface area contributed by atoms with Gasteiger partial charge in [0.1, 0.15) is 5.69 Å². The molecule has 84 valence electrons. The maximum absolute atomic E-state index is 11.5. The number of nitrogens with two attached hydrogens (primary N) is 1. The van der Waals surface area contributed by atoms with Crippen LogP contribution in [0.4, 0.5) is 5.69 Å². The topological polar surface area (TPSA) is 66.5 Å². The highest BCUT2D eigenvalue weighted by Crippen LogP contribution is 2.11. The molecule has 0 amide bonds. The SMILES string of the molecule is CCOCOC(=O)c1cc(N)cn1CC. The standard InChI is InChI=1S/C10H16N2O3/c1-3-12-6-8(11)5-9(12)10(13)15-7-14-4-2/h5-6H,3-4,7,11H2,1-2H3. The van der Waals surface area contributed by atoms with E-state index in [1.54, 1.807) is 16.8 Å². The van der Waals surface area contributed by atoms with Gasteiger partial charge >= 0.3 is 5.97 Å². The lowest BCUT2D eigenvalue weighted by Gasteiger charge is -2.06. The number of hydrogen-bond donors (Lipinski definition) is 1. The first-order valence-electron chi connectivity index (χ1n) is 4.89. The molecule has 0 aliphatic rings. The van der Waals surface area contributed by atoms with Crippen molar-refractivity contribution in [2.75, 3.05) is 19.1 Å². The zero-order chi connectivity index (χ0) is 11.3. The Balaban J connectivity index is 2.64. The van der Waals surface area contributed by atoms with E-state index in [4.69, 9.17) is 15.2 Å². The van der Waals surface area contributed by atoms with E-state index in [0.29, 0.717) is 24.5 Å². The molecule has 0 atom stereocenters. The van der Waals surface area contributed by atoms with E-state index in [1.165, 1.54) is 0 Å². The molecule has 1 aromatic rings. The number of rotatable bonds is 5. The van der Waals surface area contributed by atoms with E-state index in [9.17, 15) is 4.79 Å². The summed E-state index contributed by atoms with van der Waals surface area (Å²) in [5.74, 6) is -0.415. The zero-order valence-electron chi connectivity index (χ0n) is 9.03. The molecule has 2 N–H and O–H groups in total. The average molecular weight is 212 g/mol. The van der Waals surface area contributed by atoms with Gasteiger partial charge in [0, 0.05) is 19.3 Å². The van der Waals surface area contributed by atoms with Gasteiger partial charge in [-0.25, -0.2) is 4.79 Å². The summed E-state index contributed by atoms with van der Waals surface area (Å²) in [6.07, 6.45) is 1.71. The fourth-order valence-electron chi connectivity index (χ4n) is 1.22. The summed E-state index contributed by atoms with van der Waals surface area (Å²) in [4.78, 5) is 11.5. The third kappa shape index (κ3) is 2.99. The number of carbonyl (C=O) groups is 1. The van der Waals surface area contributed by atoms with Crippen LogP contribution in [0.25, 0.3) is 0 Å². The number of aryl methyl sites for hydroxylation is 1.